The molecule has 2 aliphatic rings. The first kappa shape index (κ1) is 17.3. The molecule has 1 atom stereocenters. The number of rotatable bonds is 3. The molecule has 1 fully saturated rings. The van der Waals surface area contributed by atoms with Gasteiger partial charge in [0.25, 0.3) is 5.91 Å². The molecule has 0 saturated carbocycles. The van der Waals surface area contributed by atoms with Gasteiger partial charge in [0.1, 0.15) is 5.56 Å². The summed E-state index contributed by atoms with van der Waals surface area (Å²) in [6, 6.07) is 5.93. The number of carbonyl (C=O) groups is 1. The van der Waals surface area contributed by atoms with Crippen molar-refractivity contribution in [2.24, 2.45) is 0 Å². The Bertz CT molecular complexity index is 929. The minimum absolute atomic E-state index is 0.108. The maximum absolute atomic E-state index is 13.3. The molecule has 2 aromatic rings. The molecule has 0 spiro atoms. The minimum atomic E-state index is -0.238. The minimum Gasteiger partial charge on any atom is -0.375 e. The fraction of sp³-hybridized carbons (Fsp3) is 0.524. The summed E-state index contributed by atoms with van der Waals surface area (Å²) in [5.41, 5.74) is 2.09. The Morgan fingerprint density at radius 2 is 2.19 bits per heavy atom. The maximum Gasteiger partial charge on any atom is 0.259 e. The monoisotopic (exact) mass is 354 g/mol. The maximum atomic E-state index is 13.3. The summed E-state index contributed by atoms with van der Waals surface area (Å²) in [5.74, 6) is -0.150. The standard InChI is InChI=1S/C21H26N2O3/c1-4-23(15-9-11-26-21(2,3)12-15)20(25)17-13-22-10-8-14-6-5-7-16(18(14)22)19(17)24/h5-7,13,15H,4,8-12H2,1-3H3. The Morgan fingerprint density at radius 3 is 2.92 bits per heavy atom. The number of amides is 1. The van der Waals surface area contributed by atoms with Crippen molar-refractivity contribution in [3.05, 3.63) is 45.7 Å². The molecule has 5 nitrogen and oxygen atoms in total. The van der Waals surface area contributed by atoms with Crippen molar-refractivity contribution in [3.63, 3.8) is 0 Å². The van der Waals surface area contributed by atoms with Crippen molar-refractivity contribution in [2.75, 3.05) is 13.2 Å². The molecule has 0 bridgehead atoms. The zero-order valence-corrected chi connectivity index (χ0v) is 15.7. The first-order valence-electron chi connectivity index (χ1n) is 9.51. The highest BCUT2D eigenvalue weighted by molar-refractivity contribution is 5.98. The number of carbonyl (C=O) groups excluding carboxylic acids is 1. The van der Waals surface area contributed by atoms with E-state index >= 15 is 0 Å². The SMILES string of the molecule is CCN(C(=O)c1cn2c3c(cccc3c1=O)CC2)C1CCOC(C)(C)C1. The zero-order chi connectivity index (χ0) is 18.5. The molecule has 138 valence electrons. The van der Waals surface area contributed by atoms with Crippen molar-refractivity contribution >= 4 is 16.8 Å². The number of benzene rings is 1. The summed E-state index contributed by atoms with van der Waals surface area (Å²) in [4.78, 5) is 28.2. The summed E-state index contributed by atoms with van der Waals surface area (Å²) in [6.07, 6.45) is 4.30. The van der Waals surface area contributed by atoms with Crippen LogP contribution in [0.25, 0.3) is 10.9 Å². The third-order valence-electron chi connectivity index (χ3n) is 5.75. The molecule has 0 radical (unpaired) electrons. The van der Waals surface area contributed by atoms with E-state index in [2.05, 4.69) is 24.5 Å². The van der Waals surface area contributed by atoms with Gasteiger partial charge in [-0.25, -0.2) is 0 Å². The fourth-order valence-corrected chi connectivity index (χ4v) is 4.50. The summed E-state index contributed by atoms with van der Waals surface area (Å²) in [7, 11) is 0. The van der Waals surface area contributed by atoms with Crippen LogP contribution in [0.1, 0.15) is 49.5 Å². The van der Waals surface area contributed by atoms with Crippen LogP contribution in [0.5, 0.6) is 0 Å². The second-order valence-electron chi connectivity index (χ2n) is 7.97. The van der Waals surface area contributed by atoms with Crippen LogP contribution in [-0.4, -0.2) is 40.2 Å². The van der Waals surface area contributed by atoms with Crippen molar-refractivity contribution in [3.8, 4) is 0 Å². The zero-order valence-electron chi connectivity index (χ0n) is 15.7. The molecule has 1 amide bonds. The van der Waals surface area contributed by atoms with Gasteiger partial charge in [0.2, 0.25) is 5.43 Å². The van der Waals surface area contributed by atoms with Crippen LogP contribution in [0.4, 0.5) is 0 Å². The van der Waals surface area contributed by atoms with Gasteiger partial charge in [-0.3, -0.25) is 9.59 Å². The van der Waals surface area contributed by atoms with Crippen LogP contribution in [0, 0.1) is 0 Å². The van der Waals surface area contributed by atoms with Crippen molar-refractivity contribution in [1.82, 2.24) is 9.47 Å². The van der Waals surface area contributed by atoms with E-state index in [-0.39, 0.29) is 23.0 Å². The van der Waals surface area contributed by atoms with E-state index in [1.807, 2.05) is 24.0 Å². The van der Waals surface area contributed by atoms with E-state index in [0.717, 1.165) is 31.3 Å². The number of nitrogens with zero attached hydrogens (tertiary/aromatic N) is 2. The van der Waals surface area contributed by atoms with Crippen LogP contribution in [0.15, 0.2) is 29.2 Å². The average molecular weight is 354 g/mol. The second kappa shape index (κ2) is 6.23. The van der Waals surface area contributed by atoms with Crippen molar-refractivity contribution in [1.29, 1.82) is 0 Å². The lowest BCUT2D eigenvalue weighted by atomic mass is 9.92. The van der Waals surface area contributed by atoms with E-state index in [4.69, 9.17) is 4.74 Å². The van der Waals surface area contributed by atoms with E-state index < -0.39 is 0 Å². The van der Waals surface area contributed by atoms with E-state index in [9.17, 15) is 9.59 Å². The number of ether oxygens (including phenoxy) is 1. The van der Waals surface area contributed by atoms with Gasteiger partial charge in [0, 0.05) is 37.3 Å². The Hall–Kier alpha value is -2.14. The van der Waals surface area contributed by atoms with E-state index in [0.29, 0.717) is 24.1 Å². The smallest absolute Gasteiger partial charge is 0.259 e. The molecule has 1 aromatic carbocycles. The molecule has 5 heteroatoms. The van der Waals surface area contributed by atoms with Gasteiger partial charge in [-0.2, -0.15) is 0 Å². The van der Waals surface area contributed by atoms with Crippen LogP contribution < -0.4 is 5.43 Å². The quantitative estimate of drug-likeness (QED) is 0.851. The number of hydrogen-bond donors (Lipinski definition) is 0. The van der Waals surface area contributed by atoms with Gasteiger partial charge in [0.05, 0.1) is 11.1 Å². The van der Waals surface area contributed by atoms with Crippen LogP contribution in [-0.2, 0) is 17.7 Å². The third kappa shape index (κ3) is 2.75. The van der Waals surface area contributed by atoms with Gasteiger partial charge in [-0.1, -0.05) is 12.1 Å². The molecule has 0 N–H and O–H groups in total. The van der Waals surface area contributed by atoms with Gasteiger partial charge in [-0.05, 0) is 51.7 Å². The third-order valence-corrected chi connectivity index (χ3v) is 5.75. The molecule has 4 rings (SSSR count). The number of hydrogen-bond acceptors (Lipinski definition) is 3. The molecule has 2 aliphatic heterocycles. The summed E-state index contributed by atoms with van der Waals surface area (Å²) >= 11 is 0. The Labute approximate surface area is 153 Å². The highest BCUT2D eigenvalue weighted by atomic mass is 16.5. The average Bonchev–Trinajstić information content (AvgIpc) is 3.02. The van der Waals surface area contributed by atoms with Gasteiger partial charge < -0.3 is 14.2 Å². The number of pyridine rings is 1. The molecule has 3 heterocycles. The van der Waals surface area contributed by atoms with Crippen LogP contribution in [0.3, 0.4) is 0 Å². The fourth-order valence-electron chi connectivity index (χ4n) is 4.50. The largest absolute Gasteiger partial charge is 0.375 e. The molecule has 1 unspecified atom stereocenters. The molecular weight excluding hydrogens is 328 g/mol. The Morgan fingerprint density at radius 1 is 1.38 bits per heavy atom. The number of aryl methyl sites for hydroxylation is 2. The first-order chi connectivity index (χ1) is 12.4. The second-order valence-corrected chi connectivity index (χ2v) is 7.97. The molecule has 1 aromatic heterocycles. The van der Waals surface area contributed by atoms with Crippen molar-refractivity contribution in [2.45, 2.75) is 58.2 Å². The highest BCUT2D eigenvalue weighted by Gasteiger charge is 2.35. The molecule has 1 saturated heterocycles. The lowest BCUT2D eigenvalue weighted by Gasteiger charge is -2.41. The van der Waals surface area contributed by atoms with E-state index in [1.54, 1.807) is 6.20 Å². The summed E-state index contributed by atoms with van der Waals surface area (Å²) in [5, 5.41) is 0.661. The lowest BCUT2D eigenvalue weighted by Crippen LogP contribution is -2.49. The lowest BCUT2D eigenvalue weighted by molar-refractivity contribution is -0.0777. The predicted molar refractivity (Wildman–Crippen MR) is 102 cm³/mol. The Balaban J connectivity index is 1.74. The van der Waals surface area contributed by atoms with Crippen LogP contribution >= 0.6 is 0 Å². The predicted octanol–water partition coefficient (Wildman–Crippen LogP) is 2.98. The first-order valence-corrected chi connectivity index (χ1v) is 9.51. The summed E-state index contributed by atoms with van der Waals surface area (Å²) < 4.78 is 7.87. The molecule has 26 heavy (non-hydrogen) atoms. The van der Waals surface area contributed by atoms with Gasteiger partial charge in [-0.15, -0.1) is 0 Å². The van der Waals surface area contributed by atoms with Crippen LogP contribution in [0.2, 0.25) is 0 Å². The number of aromatic nitrogens is 1. The van der Waals surface area contributed by atoms with Gasteiger partial charge >= 0.3 is 0 Å². The highest BCUT2D eigenvalue weighted by Crippen LogP contribution is 2.29. The van der Waals surface area contributed by atoms with Crippen molar-refractivity contribution < 1.29 is 9.53 Å². The van der Waals surface area contributed by atoms with E-state index in [1.165, 1.54) is 5.56 Å². The normalized spacial score (nSPS) is 21.1. The number of para-hydroxylation sites is 1. The molecular formula is C21H26N2O3. The Kier molecular flexibility index (Phi) is 4.14. The van der Waals surface area contributed by atoms with Gasteiger partial charge in [0.15, 0.2) is 0 Å². The summed E-state index contributed by atoms with van der Waals surface area (Å²) in [6.45, 7) is 8.17. The molecule has 0 aliphatic carbocycles. The topological polar surface area (TPSA) is 51.5 Å².